The Kier molecular flexibility index (Phi) is 3.64. The van der Waals surface area contributed by atoms with Gasteiger partial charge in [0.1, 0.15) is 6.54 Å². The molecule has 0 saturated carbocycles. The van der Waals surface area contributed by atoms with Gasteiger partial charge < -0.3 is 15.2 Å². The van der Waals surface area contributed by atoms with Gasteiger partial charge in [-0.25, -0.2) is 0 Å². The molecule has 1 aliphatic rings. The molecule has 1 aliphatic heterocycles. The third kappa shape index (κ3) is 2.52. The maximum Gasteiger partial charge on any atom is 0.438 e. The third-order valence-corrected chi connectivity index (χ3v) is 3.05. The summed E-state index contributed by atoms with van der Waals surface area (Å²) in [5.74, 6) is -1.74. The fourth-order valence-electron chi connectivity index (χ4n) is 1.88. The highest BCUT2D eigenvalue weighted by atomic mass is 19.4. The summed E-state index contributed by atoms with van der Waals surface area (Å²) in [6, 6.07) is 1.07. The SMILES string of the molecule is Cc1cc([N+](=O)[O-])nn1CC(=O)N1N=CC[C@]1(O)C(F)(F)F. The van der Waals surface area contributed by atoms with Gasteiger partial charge in [-0.05, 0) is 11.8 Å². The zero-order valence-electron chi connectivity index (χ0n) is 11.1. The molecule has 1 atom stereocenters. The van der Waals surface area contributed by atoms with E-state index in [1.54, 1.807) is 0 Å². The molecule has 12 heteroatoms. The van der Waals surface area contributed by atoms with Crippen LogP contribution >= 0.6 is 0 Å². The predicted octanol–water partition coefficient (Wildman–Crippen LogP) is 0.569. The maximum atomic E-state index is 12.8. The largest absolute Gasteiger partial charge is 0.438 e. The molecule has 0 unspecified atom stereocenters. The molecule has 0 saturated heterocycles. The molecule has 0 spiro atoms. The predicted molar refractivity (Wildman–Crippen MR) is 64.6 cm³/mol. The van der Waals surface area contributed by atoms with Gasteiger partial charge in [0.15, 0.2) is 0 Å². The maximum absolute atomic E-state index is 12.8. The van der Waals surface area contributed by atoms with Crippen LogP contribution in [0.1, 0.15) is 12.1 Å². The number of aliphatic hydroxyl groups is 1. The summed E-state index contributed by atoms with van der Waals surface area (Å²) < 4.78 is 39.4. The van der Waals surface area contributed by atoms with Crippen LogP contribution in [0.3, 0.4) is 0 Å². The van der Waals surface area contributed by atoms with Gasteiger partial charge in [-0.15, -0.1) is 0 Å². The third-order valence-electron chi connectivity index (χ3n) is 3.05. The van der Waals surface area contributed by atoms with Gasteiger partial charge in [-0.2, -0.15) is 28.0 Å². The van der Waals surface area contributed by atoms with E-state index in [2.05, 4.69) is 10.2 Å². The summed E-state index contributed by atoms with van der Waals surface area (Å²) in [5.41, 5.74) is -3.21. The van der Waals surface area contributed by atoms with E-state index in [0.29, 0.717) is 0 Å². The Hall–Kier alpha value is -2.50. The zero-order chi connectivity index (χ0) is 16.7. The molecule has 0 aliphatic carbocycles. The zero-order valence-corrected chi connectivity index (χ0v) is 11.1. The van der Waals surface area contributed by atoms with E-state index in [1.807, 2.05) is 0 Å². The van der Waals surface area contributed by atoms with E-state index in [-0.39, 0.29) is 10.7 Å². The van der Waals surface area contributed by atoms with Crippen LogP contribution in [0.5, 0.6) is 0 Å². The van der Waals surface area contributed by atoms with E-state index in [9.17, 15) is 33.2 Å². The van der Waals surface area contributed by atoms with Gasteiger partial charge in [0.2, 0.25) is 0 Å². The van der Waals surface area contributed by atoms with E-state index in [0.717, 1.165) is 17.0 Å². The number of hydrogen-bond acceptors (Lipinski definition) is 6. The van der Waals surface area contributed by atoms with Crippen LogP contribution in [0.2, 0.25) is 0 Å². The molecule has 1 N–H and O–H groups in total. The minimum atomic E-state index is -5.09. The fraction of sp³-hybridized carbons (Fsp3) is 0.500. The monoisotopic (exact) mass is 321 g/mol. The van der Waals surface area contributed by atoms with E-state index in [1.165, 1.54) is 6.92 Å². The van der Waals surface area contributed by atoms with Crippen LogP contribution in [0.25, 0.3) is 0 Å². The van der Waals surface area contributed by atoms with Crippen LogP contribution in [0.4, 0.5) is 19.0 Å². The Morgan fingerprint density at radius 2 is 2.23 bits per heavy atom. The number of alkyl halides is 3. The van der Waals surface area contributed by atoms with E-state index < -0.39 is 41.5 Å². The molecule has 0 bridgehead atoms. The Labute approximate surface area is 120 Å². The summed E-state index contributed by atoms with van der Waals surface area (Å²) in [4.78, 5) is 21.7. The molecule has 9 nitrogen and oxygen atoms in total. The normalized spacial score (nSPS) is 21.4. The first kappa shape index (κ1) is 15.9. The van der Waals surface area contributed by atoms with Gasteiger partial charge >= 0.3 is 12.0 Å². The minimum absolute atomic E-state index is 0.0834. The minimum Gasteiger partial charge on any atom is -0.362 e. The van der Waals surface area contributed by atoms with Crippen molar-refractivity contribution in [3.8, 4) is 0 Å². The van der Waals surface area contributed by atoms with Crippen molar-refractivity contribution in [1.29, 1.82) is 0 Å². The molecule has 0 aromatic carbocycles. The molecule has 120 valence electrons. The molecular weight excluding hydrogens is 311 g/mol. The smallest absolute Gasteiger partial charge is 0.362 e. The van der Waals surface area contributed by atoms with Gasteiger partial charge in [-0.1, -0.05) is 0 Å². The number of hydrazone groups is 1. The highest BCUT2D eigenvalue weighted by molar-refractivity contribution is 5.80. The lowest BCUT2D eigenvalue weighted by Crippen LogP contribution is -2.57. The van der Waals surface area contributed by atoms with Gasteiger partial charge in [0.05, 0.1) is 16.9 Å². The Balaban J connectivity index is 2.22. The molecule has 0 radical (unpaired) electrons. The number of nitro groups is 1. The summed E-state index contributed by atoms with van der Waals surface area (Å²) in [7, 11) is 0. The number of amides is 1. The Bertz CT molecular complexity index is 655. The Morgan fingerprint density at radius 3 is 2.73 bits per heavy atom. The second-order valence-electron chi connectivity index (χ2n) is 4.58. The van der Waals surface area contributed by atoms with E-state index in [4.69, 9.17) is 0 Å². The highest BCUT2D eigenvalue weighted by Crippen LogP contribution is 2.38. The first-order valence-corrected chi connectivity index (χ1v) is 5.89. The number of rotatable bonds is 3. The fourth-order valence-corrected chi connectivity index (χ4v) is 1.88. The number of halogens is 3. The van der Waals surface area contributed by atoms with Crippen molar-refractivity contribution in [3.05, 3.63) is 21.9 Å². The van der Waals surface area contributed by atoms with Crippen molar-refractivity contribution in [2.75, 3.05) is 0 Å². The number of aromatic nitrogens is 2. The van der Waals surface area contributed by atoms with Crippen molar-refractivity contribution in [1.82, 2.24) is 14.8 Å². The average Bonchev–Trinajstić information content (AvgIpc) is 2.94. The summed E-state index contributed by atoms with van der Waals surface area (Å²) in [6.07, 6.45) is -5.21. The lowest BCUT2D eigenvalue weighted by molar-refractivity contribution is -0.389. The molecule has 0 fully saturated rings. The summed E-state index contributed by atoms with van der Waals surface area (Å²) in [5, 5.41) is 26.8. The number of carbonyl (C=O) groups is 1. The number of nitrogens with zero attached hydrogens (tertiary/aromatic N) is 5. The molecule has 1 aromatic heterocycles. The quantitative estimate of drug-likeness (QED) is 0.646. The van der Waals surface area contributed by atoms with Crippen LogP contribution in [-0.4, -0.2) is 48.8 Å². The summed E-state index contributed by atoms with van der Waals surface area (Å²) in [6.45, 7) is 0.673. The van der Waals surface area contributed by atoms with Gasteiger partial charge in [0, 0.05) is 12.6 Å². The average molecular weight is 321 g/mol. The number of hydrogen-bond donors (Lipinski definition) is 1. The van der Waals surface area contributed by atoms with Crippen LogP contribution in [0.15, 0.2) is 11.2 Å². The first-order valence-electron chi connectivity index (χ1n) is 5.89. The topological polar surface area (TPSA) is 114 Å². The Morgan fingerprint density at radius 1 is 1.59 bits per heavy atom. The van der Waals surface area contributed by atoms with Crippen molar-refractivity contribution >= 4 is 17.9 Å². The second kappa shape index (κ2) is 5.05. The molecule has 2 heterocycles. The van der Waals surface area contributed by atoms with Crippen molar-refractivity contribution < 1.29 is 28.0 Å². The number of aryl methyl sites for hydroxylation is 1. The van der Waals surface area contributed by atoms with Crippen LogP contribution in [0, 0.1) is 17.0 Å². The van der Waals surface area contributed by atoms with Crippen molar-refractivity contribution in [2.45, 2.75) is 31.8 Å². The van der Waals surface area contributed by atoms with Crippen molar-refractivity contribution in [3.63, 3.8) is 0 Å². The van der Waals surface area contributed by atoms with Crippen molar-refractivity contribution in [2.24, 2.45) is 5.10 Å². The molecule has 1 aromatic rings. The lowest BCUT2D eigenvalue weighted by atomic mass is 10.1. The number of carbonyl (C=O) groups excluding carboxylic acids is 1. The van der Waals surface area contributed by atoms with E-state index >= 15 is 0 Å². The molecular formula is C10H10F3N5O4. The molecule has 2 rings (SSSR count). The summed E-state index contributed by atoms with van der Waals surface area (Å²) >= 11 is 0. The lowest BCUT2D eigenvalue weighted by Gasteiger charge is -2.32. The van der Waals surface area contributed by atoms with Gasteiger partial charge in [0.25, 0.3) is 11.6 Å². The highest BCUT2D eigenvalue weighted by Gasteiger charge is 2.61. The molecule has 22 heavy (non-hydrogen) atoms. The molecule has 1 amide bonds. The van der Waals surface area contributed by atoms with Crippen LogP contribution in [-0.2, 0) is 11.3 Å². The second-order valence-corrected chi connectivity index (χ2v) is 4.58. The van der Waals surface area contributed by atoms with Gasteiger partial charge in [-0.3, -0.25) is 4.79 Å². The van der Waals surface area contributed by atoms with Crippen LogP contribution < -0.4 is 0 Å². The first-order chi connectivity index (χ1) is 10.1. The standard InChI is InChI=1S/C10H10F3N5O4/c1-6-4-7(18(21)22)15-16(6)5-8(19)17-9(20,2-3-14-17)10(11,12)13/h3-4,20H,2,5H2,1H3/t9-/m0/s1.